The van der Waals surface area contributed by atoms with Crippen LogP contribution in [0.1, 0.15) is 29.8 Å². The van der Waals surface area contributed by atoms with Gasteiger partial charge >= 0.3 is 0 Å². The van der Waals surface area contributed by atoms with Crippen LogP contribution in [0, 0.1) is 13.8 Å². The number of imide groups is 1. The summed E-state index contributed by atoms with van der Waals surface area (Å²) in [6, 6.07) is 7.56. The number of aryl methyl sites for hydroxylation is 1. The SMILES string of the molecule is Cc1nn(Cc2ccccc2Cl)c(C)c1N1C(=O)CCC1=O. The minimum absolute atomic E-state index is 0.159. The van der Waals surface area contributed by atoms with Crippen LogP contribution in [0.3, 0.4) is 0 Å². The van der Waals surface area contributed by atoms with E-state index in [9.17, 15) is 9.59 Å². The normalized spacial score (nSPS) is 15.0. The van der Waals surface area contributed by atoms with Crippen LogP contribution < -0.4 is 4.90 Å². The minimum atomic E-state index is -0.159. The molecule has 1 fully saturated rings. The van der Waals surface area contributed by atoms with Gasteiger partial charge in [-0.15, -0.1) is 0 Å². The minimum Gasteiger partial charge on any atom is -0.274 e. The van der Waals surface area contributed by atoms with Gasteiger partial charge in [0, 0.05) is 17.9 Å². The molecule has 0 atom stereocenters. The number of anilines is 1. The number of nitrogens with zero attached hydrogens (tertiary/aromatic N) is 3. The van der Waals surface area contributed by atoms with E-state index in [-0.39, 0.29) is 24.7 Å². The Balaban J connectivity index is 1.99. The molecule has 6 heteroatoms. The van der Waals surface area contributed by atoms with Crippen LogP contribution >= 0.6 is 11.6 Å². The third-order valence-electron chi connectivity index (χ3n) is 3.90. The lowest BCUT2D eigenvalue weighted by molar-refractivity contribution is -0.121. The fraction of sp³-hybridized carbons (Fsp3) is 0.312. The first kappa shape index (κ1) is 14.8. The van der Waals surface area contributed by atoms with Gasteiger partial charge in [-0.25, -0.2) is 4.90 Å². The van der Waals surface area contributed by atoms with Gasteiger partial charge in [-0.1, -0.05) is 29.8 Å². The molecule has 2 heterocycles. The van der Waals surface area contributed by atoms with Crippen molar-refractivity contribution in [2.75, 3.05) is 4.90 Å². The molecule has 0 bridgehead atoms. The van der Waals surface area contributed by atoms with Gasteiger partial charge in [0.2, 0.25) is 11.8 Å². The number of halogens is 1. The molecule has 0 spiro atoms. The van der Waals surface area contributed by atoms with Gasteiger partial charge in [-0.2, -0.15) is 5.10 Å². The lowest BCUT2D eigenvalue weighted by Gasteiger charge is -2.14. The van der Waals surface area contributed by atoms with Crippen LogP contribution in [0.2, 0.25) is 5.02 Å². The smallest absolute Gasteiger partial charge is 0.234 e. The van der Waals surface area contributed by atoms with Crippen molar-refractivity contribution in [3.63, 3.8) is 0 Å². The van der Waals surface area contributed by atoms with Crippen LogP contribution in [0.4, 0.5) is 5.69 Å². The van der Waals surface area contributed by atoms with Crippen LogP contribution in [0.5, 0.6) is 0 Å². The van der Waals surface area contributed by atoms with Gasteiger partial charge in [0.15, 0.2) is 0 Å². The molecule has 0 aliphatic carbocycles. The maximum Gasteiger partial charge on any atom is 0.234 e. The Hall–Kier alpha value is -2.14. The van der Waals surface area contributed by atoms with Gasteiger partial charge in [-0.3, -0.25) is 14.3 Å². The molecule has 3 rings (SSSR count). The molecule has 0 unspecified atom stereocenters. The second-order valence-corrected chi connectivity index (χ2v) is 5.80. The van der Waals surface area contributed by atoms with Gasteiger partial charge in [0.25, 0.3) is 0 Å². The Morgan fingerprint density at radius 2 is 1.77 bits per heavy atom. The number of carbonyl (C=O) groups excluding carboxylic acids is 2. The molecule has 1 aliphatic heterocycles. The van der Waals surface area contributed by atoms with Crippen molar-refractivity contribution in [2.24, 2.45) is 0 Å². The summed E-state index contributed by atoms with van der Waals surface area (Å²) in [7, 11) is 0. The van der Waals surface area contributed by atoms with Gasteiger partial charge in [0.05, 0.1) is 23.6 Å². The summed E-state index contributed by atoms with van der Waals surface area (Å²) in [5.74, 6) is -0.318. The second kappa shape index (κ2) is 5.57. The summed E-state index contributed by atoms with van der Waals surface area (Å²) in [4.78, 5) is 25.2. The number of benzene rings is 1. The fourth-order valence-electron chi connectivity index (χ4n) is 2.78. The standard InChI is InChI=1S/C16H16ClN3O2/c1-10-16(20-14(21)7-8-15(20)22)11(2)19(18-10)9-12-5-3-4-6-13(12)17/h3-6H,7-9H2,1-2H3. The van der Waals surface area contributed by atoms with Gasteiger partial charge < -0.3 is 0 Å². The van der Waals surface area contributed by atoms with Crippen LogP contribution in [0.25, 0.3) is 0 Å². The van der Waals surface area contributed by atoms with E-state index in [4.69, 9.17) is 11.6 Å². The highest BCUT2D eigenvalue weighted by atomic mass is 35.5. The van der Waals surface area contributed by atoms with Crippen LogP contribution in [-0.4, -0.2) is 21.6 Å². The third kappa shape index (κ3) is 2.41. The number of aromatic nitrogens is 2. The summed E-state index contributed by atoms with van der Waals surface area (Å²) in [6.45, 7) is 4.18. The molecule has 1 aromatic carbocycles. The van der Waals surface area contributed by atoms with E-state index in [1.54, 1.807) is 4.68 Å². The zero-order valence-corrected chi connectivity index (χ0v) is 13.2. The largest absolute Gasteiger partial charge is 0.274 e. The van der Waals surface area contributed by atoms with Gasteiger partial charge in [0.1, 0.15) is 0 Å². The highest BCUT2D eigenvalue weighted by Gasteiger charge is 2.34. The molecule has 1 saturated heterocycles. The summed E-state index contributed by atoms with van der Waals surface area (Å²) >= 11 is 6.19. The number of rotatable bonds is 3. The monoisotopic (exact) mass is 317 g/mol. The first-order valence-electron chi connectivity index (χ1n) is 7.12. The zero-order valence-electron chi connectivity index (χ0n) is 12.5. The summed E-state index contributed by atoms with van der Waals surface area (Å²) in [6.07, 6.45) is 0.542. The van der Waals surface area contributed by atoms with E-state index in [1.165, 1.54) is 4.90 Å². The van der Waals surface area contributed by atoms with Crippen molar-refractivity contribution in [1.82, 2.24) is 9.78 Å². The van der Waals surface area contributed by atoms with E-state index >= 15 is 0 Å². The highest BCUT2D eigenvalue weighted by molar-refractivity contribution is 6.31. The molecule has 2 amide bonds. The summed E-state index contributed by atoms with van der Waals surface area (Å²) in [5, 5.41) is 5.14. The van der Waals surface area contributed by atoms with Crippen molar-refractivity contribution in [3.05, 3.63) is 46.2 Å². The predicted molar refractivity (Wildman–Crippen MR) is 84.0 cm³/mol. The lowest BCUT2D eigenvalue weighted by atomic mass is 10.2. The molecule has 1 aliphatic rings. The summed E-state index contributed by atoms with van der Waals surface area (Å²) < 4.78 is 1.78. The first-order valence-corrected chi connectivity index (χ1v) is 7.50. The Morgan fingerprint density at radius 1 is 1.14 bits per heavy atom. The Labute approximate surface area is 133 Å². The number of amides is 2. The number of carbonyl (C=O) groups is 2. The van der Waals surface area contributed by atoms with Crippen molar-refractivity contribution in [1.29, 1.82) is 0 Å². The van der Waals surface area contributed by atoms with Crippen molar-refractivity contribution >= 4 is 29.1 Å². The Morgan fingerprint density at radius 3 is 2.41 bits per heavy atom. The average Bonchev–Trinajstić information content (AvgIpc) is 2.94. The Kier molecular flexibility index (Phi) is 3.74. The predicted octanol–water partition coefficient (Wildman–Crippen LogP) is 2.86. The van der Waals surface area contributed by atoms with Crippen molar-refractivity contribution < 1.29 is 9.59 Å². The number of hydrogen-bond donors (Lipinski definition) is 0. The molecule has 114 valence electrons. The molecular formula is C16H16ClN3O2. The van der Waals surface area contributed by atoms with Crippen molar-refractivity contribution in [2.45, 2.75) is 33.2 Å². The molecule has 0 N–H and O–H groups in total. The van der Waals surface area contributed by atoms with E-state index in [0.29, 0.717) is 22.9 Å². The van der Waals surface area contributed by atoms with E-state index in [2.05, 4.69) is 5.10 Å². The molecule has 2 aromatic rings. The van der Waals surface area contributed by atoms with E-state index in [0.717, 1.165) is 11.3 Å². The lowest BCUT2D eigenvalue weighted by Crippen LogP contribution is -2.29. The van der Waals surface area contributed by atoms with E-state index < -0.39 is 0 Å². The highest BCUT2D eigenvalue weighted by Crippen LogP contribution is 2.30. The second-order valence-electron chi connectivity index (χ2n) is 5.39. The van der Waals surface area contributed by atoms with E-state index in [1.807, 2.05) is 38.1 Å². The molecule has 0 saturated carbocycles. The average molecular weight is 318 g/mol. The first-order chi connectivity index (χ1) is 10.5. The quantitative estimate of drug-likeness (QED) is 0.818. The molecule has 22 heavy (non-hydrogen) atoms. The third-order valence-corrected chi connectivity index (χ3v) is 4.27. The van der Waals surface area contributed by atoms with Crippen molar-refractivity contribution in [3.8, 4) is 0 Å². The van der Waals surface area contributed by atoms with Crippen LogP contribution in [0.15, 0.2) is 24.3 Å². The fourth-order valence-corrected chi connectivity index (χ4v) is 2.97. The molecule has 1 aromatic heterocycles. The van der Waals surface area contributed by atoms with Gasteiger partial charge in [-0.05, 0) is 25.5 Å². The maximum absolute atomic E-state index is 12.0. The summed E-state index contributed by atoms with van der Waals surface area (Å²) in [5.41, 5.74) is 3.02. The topological polar surface area (TPSA) is 55.2 Å². The molecule has 0 radical (unpaired) electrons. The van der Waals surface area contributed by atoms with Crippen LogP contribution in [-0.2, 0) is 16.1 Å². The molecule has 5 nitrogen and oxygen atoms in total. The zero-order chi connectivity index (χ0) is 15.9. The number of hydrogen-bond acceptors (Lipinski definition) is 3. The molecular weight excluding hydrogens is 302 g/mol. The Bertz CT molecular complexity index is 751. The maximum atomic E-state index is 12.0.